The van der Waals surface area contributed by atoms with Crippen LogP contribution in [0.5, 0.6) is 0 Å². The number of aliphatic hydroxyl groups is 1. The van der Waals surface area contributed by atoms with Gasteiger partial charge in [-0.1, -0.05) is 0 Å². The maximum atomic E-state index is 11.4. The van der Waals surface area contributed by atoms with Crippen molar-refractivity contribution in [3.63, 3.8) is 0 Å². The van der Waals surface area contributed by atoms with E-state index in [-0.39, 0.29) is 18.4 Å². The van der Waals surface area contributed by atoms with Gasteiger partial charge in [-0.15, -0.1) is 0 Å². The predicted octanol–water partition coefficient (Wildman–Crippen LogP) is 0.533. The maximum absolute atomic E-state index is 11.4. The van der Waals surface area contributed by atoms with Crippen LogP contribution in [0, 0.1) is 5.92 Å². The van der Waals surface area contributed by atoms with E-state index in [0.29, 0.717) is 32.3 Å². The molecule has 0 aliphatic heterocycles. The van der Waals surface area contributed by atoms with Crippen LogP contribution in [0.4, 0.5) is 0 Å². The van der Waals surface area contributed by atoms with Gasteiger partial charge in [0.1, 0.15) is 6.04 Å². The van der Waals surface area contributed by atoms with Crippen LogP contribution in [0.25, 0.3) is 0 Å². The molecule has 0 aromatic rings. The zero-order chi connectivity index (χ0) is 14.5. The summed E-state index contributed by atoms with van der Waals surface area (Å²) in [6.07, 6.45) is 1.82. The second-order valence-corrected chi connectivity index (χ2v) is 5.19. The van der Waals surface area contributed by atoms with E-state index in [1.807, 2.05) is 0 Å². The van der Waals surface area contributed by atoms with E-state index in [0.717, 1.165) is 0 Å². The highest BCUT2D eigenvalue weighted by Gasteiger charge is 2.36. The number of esters is 1. The number of ether oxygens (including phenoxy) is 1. The average molecular weight is 273 g/mol. The van der Waals surface area contributed by atoms with Gasteiger partial charge in [-0.25, -0.2) is 0 Å². The first kappa shape index (κ1) is 15.9. The molecule has 6 nitrogen and oxygen atoms in total. The molecule has 0 bridgehead atoms. The Labute approximate surface area is 113 Å². The zero-order valence-electron chi connectivity index (χ0n) is 11.5. The molecule has 0 aromatic carbocycles. The number of carbonyl (C=O) groups is 2. The van der Waals surface area contributed by atoms with Crippen molar-refractivity contribution in [1.82, 2.24) is 5.32 Å². The molecule has 1 fully saturated rings. The molecule has 1 saturated carbocycles. The second-order valence-electron chi connectivity index (χ2n) is 5.19. The van der Waals surface area contributed by atoms with Crippen molar-refractivity contribution in [1.29, 1.82) is 0 Å². The summed E-state index contributed by atoms with van der Waals surface area (Å²) >= 11 is 0. The third-order valence-corrected chi connectivity index (χ3v) is 3.64. The Morgan fingerprint density at radius 1 is 1.42 bits per heavy atom. The summed E-state index contributed by atoms with van der Waals surface area (Å²) in [5, 5.41) is 22.2. The maximum Gasteiger partial charge on any atom is 0.322 e. The van der Waals surface area contributed by atoms with E-state index < -0.39 is 17.6 Å². The number of hydrogen-bond acceptors (Lipinski definition) is 5. The van der Waals surface area contributed by atoms with Gasteiger partial charge in [-0.2, -0.15) is 0 Å². The van der Waals surface area contributed by atoms with E-state index in [1.165, 1.54) is 0 Å². The number of carboxylic acids is 1. The fourth-order valence-corrected chi connectivity index (χ4v) is 2.27. The van der Waals surface area contributed by atoms with Gasteiger partial charge in [0.05, 0.1) is 18.1 Å². The third kappa shape index (κ3) is 4.80. The molecule has 0 spiro atoms. The molecule has 3 N–H and O–H groups in total. The van der Waals surface area contributed by atoms with Crippen molar-refractivity contribution >= 4 is 11.9 Å². The van der Waals surface area contributed by atoms with Crippen LogP contribution in [-0.4, -0.2) is 46.9 Å². The molecule has 6 heteroatoms. The van der Waals surface area contributed by atoms with Crippen LogP contribution in [-0.2, 0) is 14.3 Å². The number of aliphatic carboxylic acids is 1. The lowest BCUT2D eigenvalue weighted by Crippen LogP contribution is -2.48. The molecule has 110 valence electrons. The van der Waals surface area contributed by atoms with Crippen molar-refractivity contribution in [2.75, 3.05) is 13.2 Å². The first-order valence-electron chi connectivity index (χ1n) is 6.73. The van der Waals surface area contributed by atoms with Crippen molar-refractivity contribution in [3.05, 3.63) is 0 Å². The van der Waals surface area contributed by atoms with E-state index in [2.05, 4.69) is 5.32 Å². The largest absolute Gasteiger partial charge is 0.481 e. The minimum absolute atomic E-state index is 0.277. The van der Waals surface area contributed by atoms with E-state index >= 15 is 0 Å². The van der Waals surface area contributed by atoms with Gasteiger partial charge < -0.3 is 20.3 Å². The molecular weight excluding hydrogens is 250 g/mol. The smallest absolute Gasteiger partial charge is 0.322 e. The molecule has 0 heterocycles. The highest BCUT2D eigenvalue weighted by Crippen LogP contribution is 2.31. The summed E-state index contributed by atoms with van der Waals surface area (Å²) in [5.41, 5.74) is -0.924. The van der Waals surface area contributed by atoms with Gasteiger partial charge >= 0.3 is 11.9 Å². The topological polar surface area (TPSA) is 95.9 Å². The summed E-state index contributed by atoms with van der Waals surface area (Å²) in [5.74, 6) is -1.50. The summed E-state index contributed by atoms with van der Waals surface area (Å²) in [6, 6.07) is -0.471. The van der Waals surface area contributed by atoms with Gasteiger partial charge in [-0.3, -0.25) is 9.59 Å². The molecule has 0 aromatic heterocycles. The van der Waals surface area contributed by atoms with E-state index in [1.54, 1.807) is 13.8 Å². The minimum atomic E-state index is -0.924. The van der Waals surface area contributed by atoms with Gasteiger partial charge in [-0.05, 0) is 39.5 Å². The SMILES string of the molecule is CCOC(=O)C(C)NCC1(O)CCC(C(=O)O)CC1. The Bertz CT molecular complexity index is 323. The standard InChI is InChI=1S/C13H23NO5/c1-3-19-12(17)9(2)14-8-13(18)6-4-10(5-7-13)11(15)16/h9-10,14,18H,3-8H2,1-2H3,(H,15,16). The van der Waals surface area contributed by atoms with Crippen molar-refractivity contribution in [3.8, 4) is 0 Å². The lowest BCUT2D eigenvalue weighted by molar-refractivity contribution is -0.145. The Hall–Kier alpha value is -1.14. The normalized spacial score (nSPS) is 28.7. The molecule has 0 radical (unpaired) electrons. The van der Waals surface area contributed by atoms with Gasteiger partial charge in [0.2, 0.25) is 0 Å². The van der Waals surface area contributed by atoms with Crippen LogP contribution in [0.3, 0.4) is 0 Å². The van der Waals surface area contributed by atoms with Crippen LogP contribution in [0.2, 0.25) is 0 Å². The molecule has 1 rings (SSSR count). The van der Waals surface area contributed by atoms with Crippen molar-refractivity contribution < 1.29 is 24.5 Å². The fraction of sp³-hybridized carbons (Fsp3) is 0.846. The monoisotopic (exact) mass is 273 g/mol. The first-order valence-corrected chi connectivity index (χ1v) is 6.73. The molecule has 19 heavy (non-hydrogen) atoms. The molecule has 1 aliphatic rings. The Kier molecular flexibility index (Phi) is 5.75. The van der Waals surface area contributed by atoms with Gasteiger partial charge in [0, 0.05) is 6.54 Å². The minimum Gasteiger partial charge on any atom is -0.481 e. The summed E-state index contributed by atoms with van der Waals surface area (Å²) in [6.45, 7) is 4.03. The fourth-order valence-electron chi connectivity index (χ4n) is 2.27. The Morgan fingerprint density at radius 2 is 2.00 bits per heavy atom. The Morgan fingerprint density at radius 3 is 2.47 bits per heavy atom. The van der Waals surface area contributed by atoms with E-state index in [4.69, 9.17) is 9.84 Å². The van der Waals surface area contributed by atoms with Crippen molar-refractivity contribution in [2.24, 2.45) is 5.92 Å². The lowest BCUT2D eigenvalue weighted by atomic mass is 9.78. The van der Waals surface area contributed by atoms with Crippen molar-refractivity contribution in [2.45, 2.75) is 51.2 Å². The summed E-state index contributed by atoms with van der Waals surface area (Å²) < 4.78 is 4.86. The van der Waals surface area contributed by atoms with E-state index in [9.17, 15) is 14.7 Å². The molecule has 1 unspecified atom stereocenters. The first-order chi connectivity index (χ1) is 8.88. The van der Waals surface area contributed by atoms with Crippen LogP contribution in [0.15, 0.2) is 0 Å². The summed E-state index contributed by atoms with van der Waals surface area (Å²) in [7, 11) is 0. The van der Waals surface area contributed by atoms with Gasteiger partial charge in [0.15, 0.2) is 0 Å². The molecule has 0 saturated heterocycles. The number of carbonyl (C=O) groups excluding carboxylic acids is 1. The lowest BCUT2D eigenvalue weighted by Gasteiger charge is -2.35. The number of hydrogen-bond donors (Lipinski definition) is 3. The van der Waals surface area contributed by atoms with Crippen LogP contribution >= 0.6 is 0 Å². The molecular formula is C13H23NO5. The number of nitrogens with one attached hydrogen (secondary N) is 1. The zero-order valence-corrected chi connectivity index (χ0v) is 11.5. The second kappa shape index (κ2) is 6.86. The summed E-state index contributed by atoms with van der Waals surface area (Å²) in [4.78, 5) is 22.3. The molecule has 1 aliphatic carbocycles. The highest BCUT2D eigenvalue weighted by molar-refractivity contribution is 5.75. The Balaban J connectivity index is 2.37. The molecule has 1 atom stereocenters. The van der Waals surface area contributed by atoms with Gasteiger partial charge in [0.25, 0.3) is 0 Å². The van der Waals surface area contributed by atoms with Crippen LogP contribution in [0.1, 0.15) is 39.5 Å². The number of rotatable bonds is 6. The predicted molar refractivity (Wildman–Crippen MR) is 68.6 cm³/mol. The molecule has 0 amide bonds. The quantitative estimate of drug-likeness (QED) is 0.611. The van der Waals surface area contributed by atoms with Crippen LogP contribution < -0.4 is 5.32 Å². The third-order valence-electron chi connectivity index (χ3n) is 3.64. The average Bonchev–Trinajstić information content (AvgIpc) is 2.37. The number of carboxylic acid groups (broad SMARTS) is 1. The highest BCUT2D eigenvalue weighted by atomic mass is 16.5.